The zero-order valence-electron chi connectivity index (χ0n) is 16.9. The minimum atomic E-state index is -0.580. The Balaban J connectivity index is 1.54. The summed E-state index contributed by atoms with van der Waals surface area (Å²) in [5.41, 5.74) is 4.21. The second kappa shape index (κ2) is 8.90. The molecule has 0 aliphatic carbocycles. The second-order valence-electron chi connectivity index (χ2n) is 7.67. The van der Waals surface area contributed by atoms with Gasteiger partial charge in [0.05, 0.1) is 5.56 Å². The Kier molecular flexibility index (Phi) is 6.06. The van der Waals surface area contributed by atoms with Crippen molar-refractivity contribution in [3.05, 3.63) is 76.4 Å². The van der Waals surface area contributed by atoms with E-state index in [1.165, 1.54) is 12.1 Å². The molecule has 0 atom stereocenters. The number of halogens is 2. The monoisotopic (exact) mass is 409 g/mol. The van der Waals surface area contributed by atoms with Gasteiger partial charge in [0.2, 0.25) is 0 Å². The van der Waals surface area contributed by atoms with Crippen molar-refractivity contribution in [2.45, 2.75) is 19.8 Å². The molecule has 1 amide bonds. The number of hydrogen-bond acceptors (Lipinski definition) is 3. The first-order chi connectivity index (χ1) is 14.5. The molecule has 30 heavy (non-hydrogen) atoms. The highest BCUT2D eigenvalue weighted by molar-refractivity contribution is 6.05. The van der Waals surface area contributed by atoms with Crippen LogP contribution in [-0.2, 0) is 0 Å². The fourth-order valence-electron chi connectivity index (χ4n) is 4.02. The van der Waals surface area contributed by atoms with Crippen molar-refractivity contribution in [2.75, 3.05) is 31.5 Å². The van der Waals surface area contributed by atoms with Crippen LogP contribution in [0.25, 0.3) is 11.1 Å². The molecule has 156 valence electrons. The molecule has 2 aromatic rings. The van der Waals surface area contributed by atoms with E-state index in [2.05, 4.69) is 16.0 Å². The largest absolute Gasteiger partial charge is 0.322 e. The molecule has 2 heterocycles. The third-order valence-corrected chi connectivity index (χ3v) is 5.59. The zero-order valence-corrected chi connectivity index (χ0v) is 16.9. The molecule has 0 aromatic heterocycles. The molecule has 6 heteroatoms. The third kappa shape index (κ3) is 4.35. The Morgan fingerprint density at radius 1 is 0.933 bits per heavy atom. The van der Waals surface area contributed by atoms with Crippen LogP contribution in [0.2, 0.25) is 0 Å². The van der Waals surface area contributed by atoms with Crippen LogP contribution < -0.4 is 16.0 Å². The lowest BCUT2D eigenvalue weighted by atomic mass is 9.95. The van der Waals surface area contributed by atoms with Gasteiger partial charge in [0, 0.05) is 24.3 Å². The Morgan fingerprint density at radius 2 is 1.63 bits per heavy atom. The van der Waals surface area contributed by atoms with Crippen LogP contribution in [0.4, 0.5) is 14.5 Å². The summed E-state index contributed by atoms with van der Waals surface area (Å²) in [5.74, 6) is -1.55. The van der Waals surface area contributed by atoms with E-state index in [1.54, 1.807) is 19.1 Å². The molecule has 2 aromatic carbocycles. The van der Waals surface area contributed by atoms with Crippen molar-refractivity contribution >= 4 is 22.7 Å². The topological polar surface area (TPSA) is 53.2 Å². The first kappa shape index (κ1) is 20.4. The number of amides is 1. The van der Waals surface area contributed by atoms with E-state index in [-0.39, 0.29) is 5.56 Å². The van der Waals surface area contributed by atoms with Gasteiger partial charge in [-0.3, -0.25) is 4.79 Å². The maximum atomic E-state index is 14.8. The second-order valence-corrected chi connectivity index (χ2v) is 7.67. The van der Waals surface area contributed by atoms with Gasteiger partial charge < -0.3 is 16.0 Å². The summed E-state index contributed by atoms with van der Waals surface area (Å²) in [6, 6.07) is 7.85. The quantitative estimate of drug-likeness (QED) is 0.707. The van der Waals surface area contributed by atoms with Crippen molar-refractivity contribution < 1.29 is 13.6 Å². The van der Waals surface area contributed by atoms with Gasteiger partial charge in [0.25, 0.3) is 5.91 Å². The van der Waals surface area contributed by atoms with Gasteiger partial charge >= 0.3 is 0 Å². The maximum absolute atomic E-state index is 14.8. The van der Waals surface area contributed by atoms with Crippen LogP contribution in [0.5, 0.6) is 0 Å². The predicted octanol–water partition coefficient (Wildman–Crippen LogP) is 4.28. The Hall–Kier alpha value is -2.83. The number of aryl methyl sites for hydroxylation is 1. The van der Waals surface area contributed by atoms with E-state index >= 15 is 0 Å². The fraction of sp³-hybridized carbons (Fsp3) is 0.292. The third-order valence-electron chi connectivity index (χ3n) is 5.59. The first-order valence-corrected chi connectivity index (χ1v) is 10.2. The van der Waals surface area contributed by atoms with E-state index in [9.17, 15) is 13.6 Å². The van der Waals surface area contributed by atoms with Crippen LogP contribution in [0.15, 0.2) is 42.5 Å². The van der Waals surface area contributed by atoms with Crippen molar-refractivity contribution in [3.8, 4) is 0 Å². The molecule has 2 aliphatic rings. The average molecular weight is 409 g/mol. The van der Waals surface area contributed by atoms with Crippen LogP contribution in [0.1, 0.15) is 39.9 Å². The number of benzene rings is 2. The summed E-state index contributed by atoms with van der Waals surface area (Å²) >= 11 is 0. The number of hydrogen-bond donors (Lipinski definition) is 3. The highest BCUT2D eigenvalue weighted by atomic mass is 19.1. The minimum Gasteiger partial charge on any atom is -0.322 e. The standard InChI is InChI=1S/C24H25F2N3O/c1-15-12-18(16-4-8-27-9-5-16)13-22(26)23(15)24(30)29-19-2-3-20(21(25)14-19)17-6-10-28-11-7-17/h2-4,6,12-14,27-28H,5,7-11H2,1H3,(H,29,30). The molecule has 0 radical (unpaired) electrons. The van der Waals surface area contributed by atoms with E-state index in [4.69, 9.17) is 0 Å². The van der Waals surface area contributed by atoms with E-state index in [1.807, 2.05) is 18.2 Å². The van der Waals surface area contributed by atoms with Gasteiger partial charge in [-0.05, 0) is 79.4 Å². The fourth-order valence-corrected chi connectivity index (χ4v) is 4.02. The molecule has 4 nitrogen and oxygen atoms in total. The molecular weight excluding hydrogens is 384 g/mol. The molecule has 2 aliphatic heterocycles. The smallest absolute Gasteiger partial charge is 0.258 e. The normalized spacial score (nSPS) is 16.6. The lowest BCUT2D eigenvalue weighted by Gasteiger charge is -2.17. The van der Waals surface area contributed by atoms with Crippen molar-refractivity contribution in [1.29, 1.82) is 0 Å². The zero-order chi connectivity index (χ0) is 21.1. The Morgan fingerprint density at radius 3 is 2.23 bits per heavy atom. The molecule has 0 unspecified atom stereocenters. The summed E-state index contributed by atoms with van der Waals surface area (Å²) in [6.07, 6.45) is 5.59. The van der Waals surface area contributed by atoms with Crippen molar-refractivity contribution in [3.63, 3.8) is 0 Å². The lowest BCUT2D eigenvalue weighted by molar-refractivity contribution is 0.102. The first-order valence-electron chi connectivity index (χ1n) is 10.2. The van der Waals surface area contributed by atoms with Crippen LogP contribution in [0.3, 0.4) is 0 Å². The maximum Gasteiger partial charge on any atom is 0.258 e. The molecule has 0 fully saturated rings. The van der Waals surface area contributed by atoms with Crippen LogP contribution in [-0.4, -0.2) is 32.1 Å². The molecular formula is C24H25F2N3O. The van der Waals surface area contributed by atoms with E-state index in [0.717, 1.165) is 55.7 Å². The van der Waals surface area contributed by atoms with E-state index < -0.39 is 17.5 Å². The molecule has 4 rings (SSSR count). The molecule has 3 N–H and O–H groups in total. The highest BCUT2D eigenvalue weighted by Crippen LogP contribution is 2.27. The van der Waals surface area contributed by atoms with Gasteiger partial charge in [-0.25, -0.2) is 8.78 Å². The highest BCUT2D eigenvalue weighted by Gasteiger charge is 2.19. The molecule has 0 saturated heterocycles. The summed E-state index contributed by atoms with van der Waals surface area (Å²) in [6.45, 7) is 4.86. The van der Waals surface area contributed by atoms with Gasteiger partial charge in [-0.1, -0.05) is 18.2 Å². The summed E-state index contributed by atoms with van der Waals surface area (Å²) in [7, 11) is 0. The lowest BCUT2D eigenvalue weighted by Crippen LogP contribution is -2.20. The summed E-state index contributed by atoms with van der Waals surface area (Å²) in [4.78, 5) is 12.7. The minimum absolute atomic E-state index is 0.0150. The van der Waals surface area contributed by atoms with Gasteiger partial charge in [-0.15, -0.1) is 0 Å². The number of carbonyl (C=O) groups excluding carboxylic acids is 1. The van der Waals surface area contributed by atoms with Crippen molar-refractivity contribution in [1.82, 2.24) is 10.6 Å². The Labute approximate surface area is 175 Å². The molecule has 0 saturated carbocycles. The summed E-state index contributed by atoms with van der Waals surface area (Å²) in [5, 5.41) is 9.06. The molecule has 0 bridgehead atoms. The van der Waals surface area contributed by atoms with Gasteiger partial charge in [0.15, 0.2) is 0 Å². The Bertz CT molecular complexity index is 1020. The summed E-state index contributed by atoms with van der Waals surface area (Å²) < 4.78 is 29.4. The SMILES string of the molecule is Cc1cc(C2=CCNCC2)cc(F)c1C(=O)Nc1ccc(C2=CCNCC2)c(F)c1. The number of carbonyl (C=O) groups is 1. The van der Waals surface area contributed by atoms with Crippen LogP contribution in [0, 0.1) is 18.6 Å². The van der Waals surface area contributed by atoms with Crippen LogP contribution >= 0.6 is 0 Å². The average Bonchev–Trinajstić information content (AvgIpc) is 2.74. The van der Waals surface area contributed by atoms with Crippen molar-refractivity contribution in [2.24, 2.45) is 0 Å². The number of anilines is 1. The number of rotatable bonds is 4. The van der Waals surface area contributed by atoms with Gasteiger partial charge in [-0.2, -0.15) is 0 Å². The molecule has 0 spiro atoms. The van der Waals surface area contributed by atoms with E-state index in [0.29, 0.717) is 16.8 Å². The van der Waals surface area contributed by atoms with Gasteiger partial charge in [0.1, 0.15) is 11.6 Å². The number of nitrogens with one attached hydrogen (secondary N) is 3. The predicted molar refractivity (Wildman–Crippen MR) is 116 cm³/mol.